The highest BCUT2D eigenvalue weighted by atomic mass is 19.4. The average molecular weight is 431 g/mol. The van der Waals surface area contributed by atoms with E-state index in [9.17, 15) is 13.2 Å². The highest BCUT2D eigenvalue weighted by Gasteiger charge is 2.33. The quantitative estimate of drug-likeness (QED) is 0.483. The van der Waals surface area contributed by atoms with Gasteiger partial charge in [-0.25, -0.2) is 4.99 Å². The van der Waals surface area contributed by atoms with Gasteiger partial charge in [0.1, 0.15) is 0 Å². The molecule has 1 aromatic rings. The van der Waals surface area contributed by atoms with Crippen LogP contribution in [0.4, 0.5) is 13.2 Å². The summed E-state index contributed by atoms with van der Waals surface area (Å²) in [5.74, 6) is 1.05. The first-order chi connectivity index (χ1) is 14.2. The van der Waals surface area contributed by atoms with Gasteiger partial charge in [0.15, 0.2) is 5.96 Å². The first-order valence-electron chi connectivity index (χ1n) is 11.1. The van der Waals surface area contributed by atoms with Gasteiger partial charge < -0.3 is 10.2 Å². The fraction of sp³-hybridized carbons (Fsp3) is 0.810. The molecule has 1 N–H and O–H groups in total. The van der Waals surface area contributed by atoms with Crippen LogP contribution in [0.15, 0.2) is 4.99 Å². The van der Waals surface area contributed by atoms with E-state index < -0.39 is 12.7 Å². The number of aromatic nitrogens is 2. The molecule has 1 aliphatic rings. The van der Waals surface area contributed by atoms with Crippen molar-refractivity contribution < 1.29 is 13.2 Å². The lowest BCUT2D eigenvalue weighted by molar-refractivity contribution is -0.146. The summed E-state index contributed by atoms with van der Waals surface area (Å²) in [6.45, 7) is 10.9. The number of aryl methyl sites for hydroxylation is 2. The third-order valence-corrected chi connectivity index (χ3v) is 5.70. The molecule has 0 amide bonds. The van der Waals surface area contributed by atoms with Crippen molar-refractivity contribution in [1.29, 1.82) is 0 Å². The molecule has 0 aromatic carbocycles. The number of hydrogen-bond acceptors (Lipinski definition) is 3. The fourth-order valence-corrected chi connectivity index (χ4v) is 4.25. The van der Waals surface area contributed by atoms with Crippen LogP contribution in [0.1, 0.15) is 51.1 Å². The van der Waals surface area contributed by atoms with Crippen molar-refractivity contribution in [2.45, 2.75) is 59.7 Å². The molecule has 9 heteroatoms. The molecule has 6 nitrogen and oxygen atoms in total. The highest BCUT2D eigenvalue weighted by Crippen LogP contribution is 2.22. The van der Waals surface area contributed by atoms with Gasteiger partial charge in [-0.15, -0.1) is 0 Å². The molecule has 0 bridgehead atoms. The Kier molecular flexibility index (Phi) is 9.00. The SMILES string of the molecule is CCNC(=NCc1c(CC)nn(C)c1CC)N1CCC(CN(CC)CC(F)(F)F)C1. The highest BCUT2D eigenvalue weighted by molar-refractivity contribution is 5.80. The Morgan fingerprint density at radius 2 is 1.97 bits per heavy atom. The van der Waals surface area contributed by atoms with Crippen LogP contribution in [-0.4, -0.2) is 71.0 Å². The maximum atomic E-state index is 12.8. The molecule has 1 unspecified atom stereocenters. The van der Waals surface area contributed by atoms with Crippen LogP contribution in [0.3, 0.4) is 0 Å². The van der Waals surface area contributed by atoms with Gasteiger partial charge in [-0.3, -0.25) is 9.58 Å². The minimum atomic E-state index is -4.15. The van der Waals surface area contributed by atoms with Gasteiger partial charge in [0, 0.05) is 44.5 Å². The van der Waals surface area contributed by atoms with E-state index in [2.05, 4.69) is 29.2 Å². The fourth-order valence-electron chi connectivity index (χ4n) is 4.25. The number of rotatable bonds is 9. The van der Waals surface area contributed by atoms with E-state index >= 15 is 0 Å². The Labute approximate surface area is 178 Å². The monoisotopic (exact) mass is 430 g/mol. The standard InChI is InChI=1S/C21H37F3N6/c1-6-18-17(19(7-2)28(5)27-18)12-26-20(25-8-3)30-11-10-16(14-30)13-29(9-4)15-21(22,23)24/h16H,6-15H2,1-5H3,(H,25,26). The van der Waals surface area contributed by atoms with Gasteiger partial charge in [-0.05, 0) is 38.6 Å². The van der Waals surface area contributed by atoms with Crippen LogP contribution < -0.4 is 5.32 Å². The van der Waals surface area contributed by atoms with E-state index in [0.29, 0.717) is 19.6 Å². The molecular formula is C21H37F3N6. The number of aliphatic imine (C=N–C) groups is 1. The smallest absolute Gasteiger partial charge is 0.357 e. The zero-order valence-electron chi connectivity index (χ0n) is 19.0. The third kappa shape index (κ3) is 6.62. The maximum Gasteiger partial charge on any atom is 0.401 e. The van der Waals surface area contributed by atoms with E-state index in [0.717, 1.165) is 50.6 Å². The van der Waals surface area contributed by atoms with Crippen LogP contribution in [-0.2, 0) is 26.4 Å². The molecule has 0 radical (unpaired) electrons. The zero-order valence-corrected chi connectivity index (χ0v) is 19.0. The number of hydrogen-bond donors (Lipinski definition) is 1. The van der Waals surface area contributed by atoms with E-state index in [-0.39, 0.29) is 5.92 Å². The van der Waals surface area contributed by atoms with Gasteiger partial charge >= 0.3 is 6.18 Å². The third-order valence-electron chi connectivity index (χ3n) is 5.70. The molecule has 1 aliphatic heterocycles. The predicted octanol–water partition coefficient (Wildman–Crippen LogP) is 3.22. The first kappa shape index (κ1) is 24.5. The van der Waals surface area contributed by atoms with Crippen molar-refractivity contribution >= 4 is 5.96 Å². The van der Waals surface area contributed by atoms with Crippen molar-refractivity contribution in [1.82, 2.24) is 24.9 Å². The topological polar surface area (TPSA) is 48.7 Å². The first-order valence-corrected chi connectivity index (χ1v) is 11.1. The molecule has 1 saturated heterocycles. The van der Waals surface area contributed by atoms with E-state index in [1.807, 2.05) is 18.7 Å². The van der Waals surface area contributed by atoms with E-state index in [1.54, 1.807) is 6.92 Å². The Balaban J connectivity index is 2.07. The molecule has 2 rings (SSSR count). The maximum absolute atomic E-state index is 12.8. The second kappa shape index (κ2) is 11.0. The summed E-state index contributed by atoms with van der Waals surface area (Å²) in [5, 5.41) is 7.98. The van der Waals surface area contributed by atoms with Crippen molar-refractivity contribution in [3.63, 3.8) is 0 Å². The lowest BCUT2D eigenvalue weighted by atomic mass is 10.1. The van der Waals surface area contributed by atoms with Crippen molar-refractivity contribution in [3.8, 4) is 0 Å². The second-order valence-corrected chi connectivity index (χ2v) is 7.92. The molecule has 172 valence electrons. The largest absolute Gasteiger partial charge is 0.401 e. The molecule has 0 saturated carbocycles. The van der Waals surface area contributed by atoms with Crippen LogP contribution in [0.2, 0.25) is 0 Å². The molecule has 0 spiro atoms. The van der Waals surface area contributed by atoms with Crippen molar-refractivity contribution in [2.24, 2.45) is 18.0 Å². The molecule has 30 heavy (non-hydrogen) atoms. The lowest BCUT2D eigenvalue weighted by Gasteiger charge is -2.26. The Morgan fingerprint density at radius 3 is 2.53 bits per heavy atom. The van der Waals surface area contributed by atoms with Crippen LogP contribution in [0.5, 0.6) is 0 Å². The van der Waals surface area contributed by atoms with Gasteiger partial charge in [0.25, 0.3) is 0 Å². The van der Waals surface area contributed by atoms with E-state index in [4.69, 9.17) is 4.99 Å². The zero-order chi connectivity index (χ0) is 22.3. The van der Waals surface area contributed by atoms with Crippen LogP contribution in [0, 0.1) is 5.92 Å². The van der Waals surface area contributed by atoms with Crippen LogP contribution >= 0.6 is 0 Å². The Bertz CT molecular complexity index is 698. The Morgan fingerprint density at radius 1 is 1.23 bits per heavy atom. The van der Waals surface area contributed by atoms with Gasteiger partial charge in [0.05, 0.1) is 18.8 Å². The lowest BCUT2D eigenvalue weighted by Crippen LogP contribution is -2.41. The molecule has 1 aromatic heterocycles. The number of likely N-dealkylation sites (tertiary alicyclic amines) is 1. The summed E-state index contributed by atoms with van der Waals surface area (Å²) in [7, 11) is 1.97. The molecule has 1 atom stereocenters. The summed E-state index contributed by atoms with van der Waals surface area (Å²) in [5.41, 5.74) is 3.48. The number of nitrogens with zero attached hydrogens (tertiary/aromatic N) is 5. The van der Waals surface area contributed by atoms with Crippen LogP contribution in [0.25, 0.3) is 0 Å². The summed E-state index contributed by atoms with van der Waals surface area (Å²) in [6.07, 6.45) is -1.50. The molecule has 1 fully saturated rings. The molecular weight excluding hydrogens is 393 g/mol. The number of alkyl halides is 3. The second-order valence-electron chi connectivity index (χ2n) is 7.92. The Hall–Kier alpha value is -1.77. The minimum Gasteiger partial charge on any atom is -0.357 e. The predicted molar refractivity (Wildman–Crippen MR) is 115 cm³/mol. The number of nitrogens with one attached hydrogen (secondary N) is 1. The van der Waals surface area contributed by atoms with Gasteiger partial charge in [0.2, 0.25) is 0 Å². The van der Waals surface area contributed by atoms with E-state index in [1.165, 1.54) is 16.2 Å². The van der Waals surface area contributed by atoms with Crippen molar-refractivity contribution in [3.05, 3.63) is 17.0 Å². The average Bonchev–Trinajstić information content (AvgIpc) is 3.27. The molecule has 2 heterocycles. The summed E-state index contributed by atoms with van der Waals surface area (Å²) in [4.78, 5) is 8.55. The number of guanidine groups is 1. The van der Waals surface area contributed by atoms with Gasteiger partial charge in [-0.1, -0.05) is 20.8 Å². The minimum absolute atomic E-state index is 0.215. The number of halogens is 3. The molecule has 0 aliphatic carbocycles. The summed E-state index contributed by atoms with van der Waals surface area (Å²) < 4.78 is 40.3. The van der Waals surface area contributed by atoms with Gasteiger partial charge in [-0.2, -0.15) is 18.3 Å². The summed E-state index contributed by atoms with van der Waals surface area (Å²) in [6, 6.07) is 0. The normalized spacial score (nSPS) is 18.0. The van der Waals surface area contributed by atoms with Crippen molar-refractivity contribution in [2.75, 3.05) is 39.3 Å². The summed E-state index contributed by atoms with van der Waals surface area (Å²) >= 11 is 0.